The average molecular weight is 540 g/mol. The highest BCUT2D eigenvalue weighted by atomic mass is 19.4. The Morgan fingerprint density at radius 3 is 2.64 bits per heavy atom. The van der Waals surface area contributed by atoms with Crippen LogP contribution >= 0.6 is 0 Å². The fourth-order valence-electron chi connectivity index (χ4n) is 4.81. The molecule has 4 aromatic rings. The van der Waals surface area contributed by atoms with E-state index < -0.39 is 11.7 Å². The van der Waals surface area contributed by atoms with Crippen LogP contribution in [-0.2, 0) is 12.6 Å². The number of rotatable bonds is 6. The van der Waals surface area contributed by atoms with Crippen LogP contribution in [0.25, 0.3) is 22.4 Å². The van der Waals surface area contributed by atoms with Crippen molar-refractivity contribution in [3.63, 3.8) is 0 Å². The lowest BCUT2D eigenvalue weighted by Gasteiger charge is -2.24. The molecule has 0 atom stereocenters. The van der Waals surface area contributed by atoms with E-state index in [0.717, 1.165) is 18.6 Å². The van der Waals surface area contributed by atoms with Gasteiger partial charge >= 0.3 is 6.18 Å². The summed E-state index contributed by atoms with van der Waals surface area (Å²) < 4.78 is 51.2. The molecule has 0 spiro atoms. The summed E-state index contributed by atoms with van der Waals surface area (Å²) in [5, 5.41) is 4.58. The lowest BCUT2D eigenvalue weighted by Crippen LogP contribution is -2.35. The number of hydrogen-bond donors (Lipinski definition) is 0. The number of anilines is 1. The number of fused-ring (bicyclic) bond motifs is 1. The fraction of sp³-hybridized carbons (Fsp3) is 0.357. The molecule has 0 saturated carbocycles. The quantitative estimate of drug-likeness (QED) is 0.315. The third-order valence-electron chi connectivity index (χ3n) is 6.72. The van der Waals surface area contributed by atoms with Crippen molar-refractivity contribution in [2.75, 3.05) is 38.2 Å². The molecule has 1 aliphatic rings. The zero-order valence-corrected chi connectivity index (χ0v) is 21.7. The van der Waals surface area contributed by atoms with E-state index in [-0.39, 0.29) is 22.9 Å². The van der Waals surface area contributed by atoms with Gasteiger partial charge in [0.1, 0.15) is 28.5 Å². The van der Waals surface area contributed by atoms with E-state index in [1.165, 1.54) is 13.2 Å². The van der Waals surface area contributed by atoms with Crippen molar-refractivity contribution in [3.8, 4) is 17.0 Å². The molecule has 0 unspecified atom stereocenters. The Balaban J connectivity index is 1.51. The van der Waals surface area contributed by atoms with Crippen molar-refractivity contribution in [1.82, 2.24) is 20.0 Å². The Bertz CT molecular complexity index is 1490. The minimum atomic E-state index is -4.49. The minimum Gasteiger partial charge on any atom is -0.496 e. The van der Waals surface area contributed by atoms with Gasteiger partial charge < -0.3 is 19.1 Å². The summed E-state index contributed by atoms with van der Waals surface area (Å²) in [6.07, 6.45) is -2.42. The van der Waals surface area contributed by atoms with Gasteiger partial charge in [0.15, 0.2) is 0 Å². The molecule has 11 heteroatoms. The number of hydrogen-bond acceptors (Lipinski definition) is 7. The highest BCUT2D eigenvalue weighted by molar-refractivity contribution is 5.99. The predicted molar refractivity (Wildman–Crippen MR) is 140 cm³/mol. The van der Waals surface area contributed by atoms with Gasteiger partial charge in [-0.2, -0.15) is 18.2 Å². The minimum absolute atomic E-state index is 0.122. The largest absolute Gasteiger partial charge is 0.496 e. The van der Waals surface area contributed by atoms with Crippen LogP contribution in [0.2, 0.25) is 0 Å². The third kappa shape index (κ3) is 5.39. The summed E-state index contributed by atoms with van der Waals surface area (Å²) >= 11 is 0. The molecule has 0 radical (unpaired) electrons. The topological polar surface area (TPSA) is 84.6 Å². The number of carbonyl (C=O) groups is 1. The van der Waals surface area contributed by atoms with E-state index in [2.05, 4.69) is 10.1 Å². The Morgan fingerprint density at radius 1 is 1.05 bits per heavy atom. The standard InChI is InChI=1S/C28H28F3N5O3/c1-3-8-22-32-25(23-24(34-39-26(23)33-22)18-9-6-10-19(17-18)28(29,30)31)35-13-7-14-36(16-15-35)27(37)20-11-4-5-12-21(20)38-2/h4-6,9-12,17H,3,7-8,13-16H2,1-2H3. The molecule has 5 rings (SSSR count). The van der Waals surface area contributed by atoms with Gasteiger partial charge in [0.2, 0.25) is 0 Å². The molecule has 2 aromatic carbocycles. The first kappa shape index (κ1) is 26.5. The van der Waals surface area contributed by atoms with Crippen LogP contribution in [0.3, 0.4) is 0 Å². The summed E-state index contributed by atoms with van der Waals surface area (Å²) in [4.78, 5) is 26.4. The molecular weight excluding hydrogens is 511 g/mol. The summed E-state index contributed by atoms with van der Waals surface area (Å²) in [5.41, 5.74) is 0.456. The number of amides is 1. The molecule has 8 nitrogen and oxygen atoms in total. The second kappa shape index (κ2) is 10.9. The molecule has 39 heavy (non-hydrogen) atoms. The summed E-state index contributed by atoms with van der Waals surface area (Å²) in [5.74, 6) is 1.51. The molecule has 1 fully saturated rings. The second-order valence-corrected chi connectivity index (χ2v) is 9.34. The molecule has 0 bridgehead atoms. The summed E-state index contributed by atoms with van der Waals surface area (Å²) in [7, 11) is 1.53. The SMILES string of the molecule is CCCc1nc(N2CCCN(C(=O)c3ccccc3OC)CC2)c2c(-c3cccc(C(F)(F)F)c3)noc2n1. The van der Waals surface area contributed by atoms with E-state index in [1.807, 2.05) is 17.9 Å². The number of alkyl halides is 3. The number of nitrogens with zero attached hydrogens (tertiary/aromatic N) is 5. The van der Waals surface area contributed by atoms with Crippen LogP contribution in [0, 0.1) is 0 Å². The van der Waals surface area contributed by atoms with Crippen molar-refractivity contribution in [2.24, 2.45) is 0 Å². The van der Waals surface area contributed by atoms with Crippen LogP contribution in [-0.4, -0.2) is 59.2 Å². The van der Waals surface area contributed by atoms with Gasteiger partial charge in [0.25, 0.3) is 11.6 Å². The van der Waals surface area contributed by atoms with Crippen molar-refractivity contribution in [3.05, 3.63) is 65.5 Å². The zero-order chi connectivity index (χ0) is 27.6. The lowest BCUT2D eigenvalue weighted by molar-refractivity contribution is -0.137. The fourth-order valence-corrected chi connectivity index (χ4v) is 4.81. The van der Waals surface area contributed by atoms with Crippen molar-refractivity contribution in [2.45, 2.75) is 32.4 Å². The van der Waals surface area contributed by atoms with Gasteiger partial charge in [-0.15, -0.1) is 0 Å². The Kier molecular flexibility index (Phi) is 7.40. The first-order valence-electron chi connectivity index (χ1n) is 12.8. The molecule has 0 aliphatic carbocycles. The molecule has 2 aromatic heterocycles. The van der Waals surface area contributed by atoms with E-state index in [0.29, 0.717) is 67.4 Å². The molecule has 3 heterocycles. The van der Waals surface area contributed by atoms with Crippen molar-refractivity contribution < 1.29 is 27.2 Å². The highest BCUT2D eigenvalue weighted by Crippen LogP contribution is 2.37. The van der Waals surface area contributed by atoms with Gasteiger partial charge in [0, 0.05) is 38.2 Å². The molecule has 1 aliphatic heterocycles. The van der Waals surface area contributed by atoms with Crippen LogP contribution in [0.5, 0.6) is 5.75 Å². The molecule has 1 saturated heterocycles. The van der Waals surface area contributed by atoms with E-state index in [4.69, 9.17) is 14.2 Å². The monoisotopic (exact) mass is 539 g/mol. The highest BCUT2D eigenvalue weighted by Gasteiger charge is 2.32. The number of carbonyl (C=O) groups excluding carboxylic acids is 1. The van der Waals surface area contributed by atoms with Crippen molar-refractivity contribution in [1.29, 1.82) is 0 Å². The summed E-state index contributed by atoms with van der Waals surface area (Å²) in [6, 6.07) is 12.1. The third-order valence-corrected chi connectivity index (χ3v) is 6.72. The van der Waals surface area contributed by atoms with Crippen LogP contribution in [0.15, 0.2) is 53.1 Å². The maximum atomic E-state index is 13.4. The average Bonchev–Trinajstić information content (AvgIpc) is 3.21. The second-order valence-electron chi connectivity index (χ2n) is 9.34. The molecular formula is C28H28F3N5O3. The Morgan fingerprint density at radius 2 is 1.87 bits per heavy atom. The number of para-hydroxylation sites is 1. The van der Waals surface area contributed by atoms with Gasteiger partial charge in [-0.05, 0) is 37.1 Å². The maximum Gasteiger partial charge on any atom is 0.416 e. The van der Waals surface area contributed by atoms with E-state index in [9.17, 15) is 18.0 Å². The number of aromatic nitrogens is 3. The van der Waals surface area contributed by atoms with E-state index >= 15 is 0 Å². The first-order chi connectivity index (χ1) is 18.8. The number of methoxy groups -OCH3 is 1. The number of benzene rings is 2. The number of aryl methyl sites for hydroxylation is 1. The zero-order valence-electron chi connectivity index (χ0n) is 21.7. The number of halogens is 3. The lowest BCUT2D eigenvalue weighted by atomic mass is 10.1. The number of ether oxygens (including phenoxy) is 1. The Hall–Kier alpha value is -4.15. The van der Waals surface area contributed by atoms with E-state index in [1.54, 1.807) is 29.2 Å². The van der Waals surface area contributed by atoms with Crippen LogP contribution < -0.4 is 9.64 Å². The van der Waals surface area contributed by atoms with Gasteiger partial charge in [0.05, 0.1) is 18.2 Å². The first-order valence-corrected chi connectivity index (χ1v) is 12.8. The predicted octanol–water partition coefficient (Wildman–Crippen LogP) is 5.62. The van der Waals surface area contributed by atoms with Gasteiger partial charge in [-0.1, -0.05) is 36.3 Å². The van der Waals surface area contributed by atoms with Gasteiger partial charge in [-0.3, -0.25) is 4.79 Å². The van der Waals surface area contributed by atoms with Crippen LogP contribution in [0.1, 0.15) is 41.5 Å². The molecule has 204 valence electrons. The molecule has 1 amide bonds. The Labute approximate surface area is 223 Å². The van der Waals surface area contributed by atoms with Crippen LogP contribution in [0.4, 0.5) is 19.0 Å². The normalized spacial score (nSPS) is 14.5. The van der Waals surface area contributed by atoms with Gasteiger partial charge in [-0.25, -0.2) is 4.98 Å². The maximum absolute atomic E-state index is 13.4. The summed E-state index contributed by atoms with van der Waals surface area (Å²) in [6.45, 7) is 4.02. The smallest absolute Gasteiger partial charge is 0.416 e. The van der Waals surface area contributed by atoms with Crippen molar-refractivity contribution >= 4 is 22.8 Å². The molecule has 0 N–H and O–H groups in total.